The first kappa shape index (κ1) is 15.2. The van der Waals surface area contributed by atoms with Gasteiger partial charge in [0.15, 0.2) is 0 Å². The molecule has 1 saturated heterocycles. The molecule has 0 spiro atoms. The summed E-state index contributed by atoms with van der Waals surface area (Å²) in [6, 6.07) is 7.53. The fourth-order valence-corrected chi connectivity index (χ4v) is 3.10. The maximum absolute atomic E-state index is 10.6. The summed E-state index contributed by atoms with van der Waals surface area (Å²) in [6.07, 6.45) is 2.65. The lowest BCUT2D eigenvalue weighted by Gasteiger charge is -2.31. The summed E-state index contributed by atoms with van der Waals surface area (Å²) in [6.45, 7) is 2.07. The average molecular weight is 302 g/mol. The Morgan fingerprint density at radius 3 is 3.05 bits per heavy atom. The second-order valence-electron chi connectivity index (χ2n) is 5.85. The molecule has 22 heavy (non-hydrogen) atoms. The third kappa shape index (κ3) is 3.21. The van der Waals surface area contributed by atoms with E-state index in [2.05, 4.69) is 9.88 Å². The normalized spacial score (nSPS) is 21.0. The summed E-state index contributed by atoms with van der Waals surface area (Å²) in [7, 11) is 1.63. The summed E-state index contributed by atoms with van der Waals surface area (Å²) in [4.78, 5) is 6.45. The summed E-state index contributed by atoms with van der Waals surface area (Å²) in [5.41, 5.74) is 1.69. The third-order valence-electron chi connectivity index (χ3n) is 4.25. The predicted octanol–water partition coefficient (Wildman–Crippen LogP) is 1.73. The molecule has 118 valence electrons. The SMILES string of the molecule is COc1ccc2nccc(C(O)CN3CCCC(O)C3)c2c1. The molecule has 5 heteroatoms. The number of piperidine rings is 1. The van der Waals surface area contributed by atoms with Crippen molar-refractivity contribution >= 4 is 10.9 Å². The Labute approximate surface area is 130 Å². The molecule has 1 aromatic heterocycles. The molecule has 1 aliphatic rings. The summed E-state index contributed by atoms with van der Waals surface area (Å²) in [5.74, 6) is 0.752. The quantitative estimate of drug-likeness (QED) is 0.900. The number of ether oxygens (including phenoxy) is 1. The number of likely N-dealkylation sites (tertiary alicyclic amines) is 1. The van der Waals surface area contributed by atoms with E-state index in [1.807, 2.05) is 24.3 Å². The first-order valence-corrected chi connectivity index (χ1v) is 7.68. The van der Waals surface area contributed by atoms with Gasteiger partial charge in [-0.15, -0.1) is 0 Å². The van der Waals surface area contributed by atoms with Crippen LogP contribution in [0.2, 0.25) is 0 Å². The number of aliphatic hydroxyl groups is 2. The van der Waals surface area contributed by atoms with Crippen LogP contribution in [-0.4, -0.2) is 52.9 Å². The van der Waals surface area contributed by atoms with Gasteiger partial charge < -0.3 is 14.9 Å². The highest BCUT2D eigenvalue weighted by molar-refractivity contribution is 5.83. The summed E-state index contributed by atoms with van der Waals surface area (Å²) < 4.78 is 5.27. The Balaban J connectivity index is 1.85. The summed E-state index contributed by atoms with van der Waals surface area (Å²) in [5, 5.41) is 21.3. The van der Waals surface area contributed by atoms with Crippen molar-refractivity contribution < 1.29 is 14.9 Å². The van der Waals surface area contributed by atoms with E-state index in [0.717, 1.165) is 41.6 Å². The largest absolute Gasteiger partial charge is 0.497 e. The zero-order valence-electron chi connectivity index (χ0n) is 12.8. The van der Waals surface area contributed by atoms with Crippen LogP contribution in [0.3, 0.4) is 0 Å². The zero-order valence-corrected chi connectivity index (χ0v) is 12.8. The minimum atomic E-state index is -0.608. The van der Waals surface area contributed by atoms with E-state index in [1.54, 1.807) is 13.3 Å². The van der Waals surface area contributed by atoms with Crippen LogP contribution in [0.4, 0.5) is 0 Å². The van der Waals surface area contributed by atoms with Crippen molar-refractivity contribution in [2.45, 2.75) is 25.0 Å². The van der Waals surface area contributed by atoms with Crippen LogP contribution in [0.25, 0.3) is 10.9 Å². The molecule has 0 saturated carbocycles. The van der Waals surface area contributed by atoms with Crippen molar-refractivity contribution in [2.75, 3.05) is 26.7 Å². The van der Waals surface area contributed by atoms with E-state index >= 15 is 0 Å². The Hall–Kier alpha value is -1.69. The fraction of sp³-hybridized carbons (Fsp3) is 0.471. The number of aliphatic hydroxyl groups excluding tert-OH is 2. The van der Waals surface area contributed by atoms with Gasteiger partial charge in [-0.25, -0.2) is 0 Å². The third-order valence-corrected chi connectivity index (χ3v) is 4.25. The molecule has 2 N–H and O–H groups in total. The first-order valence-electron chi connectivity index (χ1n) is 7.68. The molecule has 0 radical (unpaired) electrons. The van der Waals surface area contributed by atoms with E-state index < -0.39 is 6.10 Å². The standard InChI is InChI=1S/C17H22N2O3/c1-22-13-4-5-16-15(9-13)14(6-7-18-16)17(21)11-19-8-2-3-12(20)10-19/h4-7,9,12,17,20-21H,2-3,8,10-11H2,1H3. The number of pyridine rings is 1. The van der Waals surface area contributed by atoms with Crippen molar-refractivity contribution in [3.63, 3.8) is 0 Å². The number of methoxy groups -OCH3 is 1. The van der Waals surface area contributed by atoms with E-state index in [-0.39, 0.29) is 6.10 Å². The van der Waals surface area contributed by atoms with Crippen molar-refractivity contribution in [3.05, 3.63) is 36.0 Å². The number of fused-ring (bicyclic) bond motifs is 1. The van der Waals surface area contributed by atoms with Crippen LogP contribution in [0, 0.1) is 0 Å². The fourth-order valence-electron chi connectivity index (χ4n) is 3.10. The minimum absolute atomic E-state index is 0.282. The monoisotopic (exact) mass is 302 g/mol. The number of benzene rings is 1. The lowest BCUT2D eigenvalue weighted by atomic mass is 10.0. The smallest absolute Gasteiger partial charge is 0.119 e. The van der Waals surface area contributed by atoms with Crippen LogP contribution >= 0.6 is 0 Å². The van der Waals surface area contributed by atoms with Crippen LogP contribution in [0.15, 0.2) is 30.5 Å². The molecule has 1 aliphatic heterocycles. The van der Waals surface area contributed by atoms with Gasteiger partial charge in [-0.05, 0) is 49.2 Å². The Bertz CT molecular complexity index is 647. The average Bonchev–Trinajstić information content (AvgIpc) is 2.53. The molecule has 0 aliphatic carbocycles. The van der Waals surface area contributed by atoms with Crippen molar-refractivity contribution in [1.29, 1.82) is 0 Å². The van der Waals surface area contributed by atoms with Gasteiger partial charge in [-0.3, -0.25) is 9.88 Å². The van der Waals surface area contributed by atoms with Gasteiger partial charge in [0.05, 0.1) is 24.8 Å². The van der Waals surface area contributed by atoms with Crippen LogP contribution in [0.1, 0.15) is 24.5 Å². The van der Waals surface area contributed by atoms with Gasteiger partial charge in [0.1, 0.15) is 5.75 Å². The van der Waals surface area contributed by atoms with Gasteiger partial charge in [0.2, 0.25) is 0 Å². The second-order valence-corrected chi connectivity index (χ2v) is 5.85. The Morgan fingerprint density at radius 2 is 2.27 bits per heavy atom. The van der Waals surface area contributed by atoms with E-state index in [9.17, 15) is 10.2 Å². The van der Waals surface area contributed by atoms with Gasteiger partial charge in [-0.1, -0.05) is 0 Å². The van der Waals surface area contributed by atoms with Gasteiger partial charge in [0, 0.05) is 24.7 Å². The predicted molar refractivity (Wildman–Crippen MR) is 84.9 cm³/mol. The van der Waals surface area contributed by atoms with Crippen LogP contribution in [0.5, 0.6) is 5.75 Å². The number of rotatable bonds is 4. The molecular formula is C17H22N2O3. The molecule has 5 nitrogen and oxygen atoms in total. The molecule has 0 amide bonds. The molecule has 2 unspecified atom stereocenters. The highest BCUT2D eigenvalue weighted by atomic mass is 16.5. The Morgan fingerprint density at radius 1 is 1.41 bits per heavy atom. The maximum Gasteiger partial charge on any atom is 0.119 e. The molecule has 1 fully saturated rings. The number of nitrogens with zero attached hydrogens (tertiary/aromatic N) is 2. The van der Waals surface area contributed by atoms with E-state index in [4.69, 9.17) is 4.74 Å². The van der Waals surface area contributed by atoms with Crippen molar-refractivity contribution in [2.24, 2.45) is 0 Å². The first-order chi connectivity index (χ1) is 10.7. The zero-order chi connectivity index (χ0) is 15.5. The molecule has 3 rings (SSSR count). The van der Waals surface area contributed by atoms with Gasteiger partial charge >= 0.3 is 0 Å². The van der Waals surface area contributed by atoms with Gasteiger partial charge in [-0.2, -0.15) is 0 Å². The van der Waals surface area contributed by atoms with Crippen molar-refractivity contribution in [3.8, 4) is 5.75 Å². The molecule has 2 atom stereocenters. The lowest BCUT2D eigenvalue weighted by Crippen LogP contribution is -2.40. The molecule has 2 heterocycles. The topological polar surface area (TPSA) is 65.8 Å². The maximum atomic E-state index is 10.6. The molecule has 0 bridgehead atoms. The lowest BCUT2D eigenvalue weighted by molar-refractivity contribution is 0.0395. The molecule has 1 aromatic carbocycles. The number of hydrogen-bond donors (Lipinski definition) is 2. The highest BCUT2D eigenvalue weighted by Gasteiger charge is 2.21. The number of β-amino-alcohol motifs (C(OH)–C–C–N with tert-alkyl or cyclic N) is 2. The van der Waals surface area contributed by atoms with Crippen LogP contribution in [-0.2, 0) is 0 Å². The molecular weight excluding hydrogens is 280 g/mol. The summed E-state index contributed by atoms with van der Waals surface area (Å²) >= 11 is 0. The number of aromatic nitrogens is 1. The van der Waals surface area contributed by atoms with Crippen LogP contribution < -0.4 is 4.74 Å². The molecule has 2 aromatic rings. The minimum Gasteiger partial charge on any atom is -0.497 e. The Kier molecular flexibility index (Phi) is 4.57. The highest BCUT2D eigenvalue weighted by Crippen LogP contribution is 2.27. The second kappa shape index (κ2) is 6.60. The van der Waals surface area contributed by atoms with E-state index in [1.165, 1.54) is 0 Å². The van der Waals surface area contributed by atoms with Crippen molar-refractivity contribution in [1.82, 2.24) is 9.88 Å². The van der Waals surface area contributed by atoms with Gasteiger partial charge in [0.25, 0.3) is 0 Å². The number of hydrogen-bond acceptors (Lipinski definition) is 5. The van der Waals surface area contributed by atoms with E-state index in [0.29, 0.717) is 13.1 Å².